The van der Waals surface area contributed by atoms with E-state index in [1.807, 2.05) is 6.92 Å². The van der Waals surface area contributed by atoms with Crippen molar-refractivity contribution >= 4 is 5.97 Å². The Morgan fingerprint density at radius 2 is 2.10 bits per heavy atom. The summed E-state index contributed by atoms with van der Waals surface area (Å²) in [7, 11) is 1.47. The molecule has 0 aromatic heterocycles. The molecule has 1 aliphatic heterocycles. The van der Waals surface area contributed by atoms with E-state index in [1.165, 1.54) is 39.2 Å². The van der Waals surface area contributed by atoms with Crippen molar-refractivity contribution in [3.05, 3.63) is 0 Å². The SMILES string of the molecule is CCCC1CCCN(CC(C)(NC(C)C)C(=O)OC)CC1. The molecular formula is C17H34N2O2. The number of rotatable bonds is 7. The molecule has 0 amide bonds. The third-order valence-electron chi connectivity index (χ3n) is 4.42. The van der Waals surface area contributed by atoms with Crippen molar-refractivity contribution in [2.24, 2.45) is 5.92 Å². The average Bonchev–Trinajstić information content (AvgIpc) is 2.63. The topological polar surface area (TPSA) is 41.6 Å². The van der Waals surface area contributed by atoms with E-state index >= 15 is 0 Å². The van der Waals surface area contributed by atoms with E-state index in [-0.39, 0.29) is 12.0 Å². The summed E-state index contributed by atoms with van der Waals surface area (Å²) in [6.45, 7) is 11.3. The van der Waals surface area contributed by atoms with Gasteiger partial charge in [0.2, 0.25) is 0 Å². The highest BCUT2D eigenvalue weighted by Gasteiger charge is 2.37. The number of methoxy groups -OCH3 is 1. The number of ether oxygens (including phenoxy) is 1. The van der Waals surface area contributed by atoms with Gasteiger partial charge in [0.25, 0.3) is 0 Å². The summed E-state index contributed by atoms with van der Waals surface area (Å²) >= 11 is 0. The quantitative estimate of drug-likeness (QED) is 0.734. The highest BCUT2D eigenvalue weighted by molar-refractivity contribution is 5.80. The van der Waals surface area contributed by atoms with Crippen LogP contribution in [0, 0.1) is 5.92 Å². The van der Waals surface area contributed by atoms with Crippen molar-refractivity contribution in [2.75, 3.05) is 26.7 Å². The van der Waals surface area contributed by atoms with E-state index in [1.54, 1.807) is 0 Å². The number of hydrogen-bond donors (Lipinski definition) is 1. The van der Waals surface area contributed by atoms with Crippen LogP contribution in [0.25, 0.3) is 0 Å². The lowest BCUT2D eigenvalue weighted by Crippen LogP contribution is -2.59. The standard InChI is InChI=1S/C17H34N2O2/c1-6-8-15-9-7-11-19(12-10-15)13-17(4,16(20)21-5)18-14(2)3/h14-15,18H,6-13H2,1-5H3. The van der Waals surface area contributed by atoms with Crippen LogP contribution in [-0.2, 0) is 9.53 Å². The molecule has 2 atom stereocenters. The number of nitrogens with one attached hydrogen (secondary N) is 1. The molecule has 0 bridgehead atoms. The minimum absolute atomic E-state index is 0.162. The van der Waals surface area contributed by atoms with Crippen LogP contribution in [0.3, 0.4) is 0 Å². The van der Waals surface area contributed by atoms with E-state index in [0.29, 0.717) is 0 Å². The van der Waals surface area contributed by atoms with Gasteiger partial charge in [-0.3, -0.25) is 10.1 Å². The Hall–Kier alpha value is -0.610. The molecule has 0 aromatic carbocycles. The number of carbonyl (C=O) groups excluding carboxylic acids is 1. The van der Waals surface area contributed by atoms with Gasteiger partial charge in [0.1, 0.15) is 5.54 Å². The molecule has 1 N–H and O–H groups in total. The van der Waals surface area contributed by atoms with Gasteiger partial charge in [-0.2, -0.15) is 0 Å². The minimum Gasteiger partial charge on any atom is -0.468 e. The Morgan fingerprint density at radius 1 is 1.38 bits per heavy atom. The fraction of sp³-hybridized carbons (Fsp3) is 0.941. The zero-order chi connectivity index (χ0) is 15.9. The predicted molar refractivity (Wildman–Crippen MR) is 87.4 cm³/mol. The Labute approximate surface area is 130 Å². The smallest absolute Gasteiger partial charge is 0.327 e. The van der Waals surface area contributed by atoms with Gasteiger partial charge in [0.15, 0.2) is 0 Å². The summed E-state index contributed by atoms with van der Waals surface area (Å²) in [5, 5.41) is 3.39. The first kappa shape index (κ1) is 18.4. The number of hydrogen-bond acceptors (Lipinski definition) is 4. The molecule has 1 heterocycles. The third kappa shape index (κ3) is 5.95. The summed E-state index contributed by atoms with van der Waals surface area (Å²) in [5.41, 5.74) is -0.618. The maximum Gasteiger partial charge on any atom is 0.327 e. The van der Waals surface area contributed by atoms with Crippen molar-refractivity contribution in [2.45, 2.75) is 71.4 Å². The van der Waals surface area contributed by atoms with Crippen molar-refractivity contribution < 1.29 is 9.53 Å². The molecule has 124 valence electrons. The molecule has 21 heavy (non-hydrogen) atoms. The van der Waals surface area contributed by atoms with Crippen molar-refractivity contribution in [1.82, 2.24) is 10.2 Å². The molecule has 0 aliphatic carbocycles. The first-order valence-corrected chi connectivity index (χ1v) is 8.49. The number of esters is 1. The van der Waals surface area contributed by atoms with Gasteiger partial charge in [-0.15, -0.1) is 0 Å². The second kappa shape index (κ2) is 8.74. The van der Waals surface area contributed by atoms with Crippen LogP contribution >= 0.6 is 0 Å². The van der Waals surface area contributed by atoms with Crippen LogP contribution in [0.1, 0.15) is 59.8 Å². The zero-order valence-electron chi connectivity index (χ0n) is 14.6. The number of carbonyl (C=O) groups is 1. The minimum atomic E-state index is -0.618. The predicted octanol–water partition coefficient (Wildman–Crippen LogP) is 2.82. The van der Waals surface area contributed by atoms with Crippen LogP contribution < -0.4 is 5.32 Å². The average molecular weight is 298 g/mol. The molecule has 1 fully saturated rings. The summed E-state index contributed by atoms with van der Waals surface area (Å²) in [6, 6.07) is 0.258. The molecule has 4 heteroatoms. The number of likely N-dealkylation sites (tertiary alicyclic amines) is 1. The maximum absolute atomic E-state index is 12.2. The maximum atomic E-state index is 12.2. The fourth-order valence-electron chi connectivity index (χ4n) is 3.56. The van der Waals surface area contributed by atoms with Crippen LogP contribution in [-0.4, -0.2) is 49.2 Å². The van der Waals surface area contributed by atoms with Gasteiger partial charge < -0.3 is 9.64 Å². The highest BCUT2D eigenvalue weighted by atomic mass is 16.5. The van der Waals surface area contributed by atoms with Crippen molar-refractivity contribution in [1.29, 1.82) is 0 Å². The van der Waals surface area contributed by atoms with E-state index in [9.17, 15) is 4.79 Å². The lowest BCUT2D eigenvalue weighted by molar-refractivity contribution is -0.149. The van der Waals surface area contributed by atoms with Gasteiger partial charge >= 0.3 is 5.97 Å². The lowest BCUT2D eigenvalue weighted by Gasteiger charge is -2.35. The van der Waals surface area contributed by atoms with E-state index in [0.717, 1.165) is 25.6 Å². The molecule has 0 saturated carbocycles. The molecule has 4 nitrogen and oxygen atoms in total. The van der Waals surface area contributed by atoms with Gasteiger partial charge in [-0.25, -0.2) is 0 Å². The monoisotopic (exact) mass is 298 g/mol. The summed E-state index contributed by atoms with van der Waals surface area (Å²) in [4.78, 5) is 14.6. The molecule has 0 spiro atoms. The first-order valence-electron chi connectivity index (χ1n) is 8.49. The van der Waals surface area contributed by atoms with Crippen LogP contribution in [0.15, 0.2) is 0 Å². The second-order valence-corrected chi connectivity index (χ2v) is 6.98. The van der Waals surface area contributed by atoms with Crippen molar-refractivity contribution in [3.63, 3.8) is 0 Å². The Morgan fingerprint density at radius 3 is 2.67 bits per heavy atom. The Kier molecular flexibility index (Phi) is 7.67. The molecule has 2 unspecified atom stereocenters. The van der Waals surface area contributed by atoms with E-state index in [4.69, 9.17) is 4.74 Å². The molecule has 1 rings (SSSR count). The second-order valence-electron chi connectivity index (χ2n) is 6.98. The Balaban J connectivity index is 2.64. The zero-order valence-corrected chi connectivity index (χ0v) is 14.6. The Bertz CT molecular complexity index is 320. The van der Waals surface area contributed by atoms with E-state index < -0.39 is 5.54 Å². The molecular weight excluding hydrogens is 264 g/mol. The first-order chi connectivity index (χ1) is 9.91. The normalized spacial score (nSPS) is 23.6. The molecule has 1 aliphatic rings. The van der Waals surface area contributed by atoms with Crippen molar-refractivity contribution in [3.8, 4) is 0 Å². The summed E-state index contributed by atoms with van der Waals surface area (Å²) in [6.07, 6.45) is 6.44. The van der Waals surface area contributed by atoms with Gasteiger partial charge in [-0.1, -0.05) is 19.8 Å². The van der Waals surface area contributed by atoms with Gasteiger partial charge in [-0.05, 0) is 59.0 Å². The largest absolute Gasteiger partial charge is 0.468 e. The summed E-state index contributed by atoms with van der Waals surface area (Å²) < 4.78 is 5.02. The van der Waals surface area contributed by atoms with Crippen LogP contribution in [0.4, 0.5) is 0 Å². The summed E-state index contributed by atoms with van der Waals surface area (Å²) in [5.74, 6) is 0.702. The van der Waals surface area contributed by atoms with Gasteiger partial charge in [0.05, 0.1) is 7.11 Å². The van der Waals surface area contributed by atoms with Gasteiger partial charge in [0, 0.05) is 12.6 Å². The molecule has 0 aromatic rings. The molecule has 0 radical (unpaired) electrons. The van der Waals surface area contributed by atoms with E-state index in [2.05, 4.69) is 31.0 Å². The van der Waals surface area contributed by atoms with Crippen LogP contribution in [0.5, 0.6) is 0 Å². The van der Waals surface area contributed by atoms with Crippen LogP contribution in [0.2, 0.25) is 0 Å². The number of nitrogens with zero attached hydrogens (tertiary/aromatic N) is 1. The fourth-order valence-corrected chi connectivity index (χ4v) is 3.56. The lowest BCUT2D eigenvalue weighted by atomic mass is 9.96. The highest BCUT2D eigenvalue weighted by Crippen LogP contribution is 2.23. The molecule has 1 saturated heterocycles. The third-order valence-corrected chi connectivity index (χ3v) is 4.42.